The summed E-state index contributed by atoms with van der Waals surface area (Å²) in [6.07, 6.45) is 0. The van der Waals surface area contributed by atoms with E-state index in [2.05, 4.69) is 227 Å². The molecule has 0 aliphatic carbocycles. The molecule has 0 saturated heterocycles. The average molecular weight is 747 g/mol. The first-order chi connectivity index (χ1) is 28.1. The average Bonchev–Trinajstić information content (AvgIpc) is 3.23. The molecule has 0 fully saturated rings. The number of nitrogens with zero attached hydrogens (tertiary/aromatic N) is 2. The normalized spacial score (nSPS) is 12.9. The fourth-order valence-electron chi connectivity index (χ4n) is 9.62. The molecule has 0 aromatic heterocycles. The summed E-state index contributed by atoms with van der Waals surface area (Å²) in [7, 11) is 0. The molecule has 0 radical (unpaired) electrons. The molecule has 0 atom stereocenters. The SMILES string of the molecule is Cc1cc(C)c(-c2cc3c4c(c2)N(c2ccc(-c5ccccc5)cc2)c2ccc(C(C)(C)C)cc2B4c2ccccc2N3c2ccc(-c3ccccc3)cc2)c(C)c1. The second kappa shape index (κ2) is 13.8. The summed E-state index contributed by atoms with van der Waals surface area (Å²) in [6, 6.07) is 65.6. The molecular weight excluding hydrogens is 699 g/mol. The summed E-state index contributed by atoms with van der Waals surface area (Å²) in [5.41, 5.74) is 23.8. The van der Waals surface area contributed by atoms with Gasteiger partial charge in [0.2, 0.25) is 0 Å². The molecule has 0 saturated carbocycles. The lowest BCUT2D eigenvalue weighted by atomic mass is 9.33. The molecule has 0 bridgehead atoms. The van der Waals surface area contributed by atoms with Crippen molar-refractivity contribution in [3.8, 4) is 33.4 Å². The van der Waals surface area contributed by atoms with Crippen molar-refractivity contribution in [3.63, 3.8) is 0 Å². The van der Waals surface area contributed by atoms with Gasteiger partial charge in [0.05, 0.1) is 0 Å². The monoisotopic (exact) mass is 746 g/mol. The zero-order valence-electron chi connectivity index (χ0n) is 34.2. The predicted octanol–water partition coefficient (Wildman–Crippen LogP) is 13.0. The van der Waals surface area contributed by atoms with E-state index >= 15 is 0 Å². The van der Waals surface area contributed by atoms with Crippen molar-refractivity contribution < 1.29 is 0 Å². The van der Waals surface area contributed by atoms with Gasteiger partial charge in [-0.3, -0.25) is 0 Å². The van der Waals surface area contributed by atoms with Gasteiger partial charge < -0.3 is 9.80 Å². The summed E-state index contributed by atoms with van der Waals surface area (Å²) in [5, 5.41) is 0. The molecule has 58 heavy (non-hydrogen) atoms. The second-order valence-corrected chi connectivity index (χ2v) is 17.2. The van der Waals surface area contributed by atoms with E-state index in [4.69, 9.17) is 0 Å². The number of hydrogen-bond acceptors (Lipinski definition) is 2. The van der Waals surface area contributed by atoms with Crippen LogP contribution in [0.5, 0.6) is 0 Å². The number of hydrogen-bond donors (Lipinski definition) is 0. The van der Waals surface area contributed by atoms with Crippen molar-refractivity contribution in [3.05, 3.63) is 198 Å². The van der Waals surface area contributed by atoms with Crippen LogP contribution in [0.4, 0.5) is 34.1 Å². The summed E-state index contributed by atoms with van der Waals surface area (Å²) in [5.74, 6) is 0. The number of anilines is 6. The van der Waals surface area contributed by atoms with Gasteiger partial charge in [0.25, 0.3) is 6.71 Å². The van der Waals surface area contributed by atoms with Crippen LogP contribution in [0.2, 0.25) is 0 Å². The second-order valence-electron chi connectivity index (χ2n) is 17.2. The minimum Gasteiger partial charge on any atom is -0.311 e. The van der Waals surface area contributed by atoms with Crippen LogP contribution in [-0.4, -0.2) is 6.71 Å². The molecule has 10 rings (SSSR count). The summed E-state index contributed by atoms with van der Waals surface area (Å²) in [4.78, 5) is 5.07. The Morgan fingerprint density at radius 2 is 0.862 bits per heavy atom. The highest BCUT2D eigenvalue weighted by Crippen LogP contribution is 2.47. The first-order valence-corrected chi connectivity index (χ1v) is 20.5. The Labute approximate surface area is 344 Å². The van der Waals surface area contributed by atoms with E-state index in [9.17, 15) is 0 Å². The van der Waals surface area contributed by atoms with Gasteiger partial charge in [-0.1, -0.05) is 154 Å². The minimum absolute atomic E-state index is 0.00856. The molecule has 2 aliphatic rings. The zero-order valence-corrected chi connectivity index (χ0v) is 34.2. The first kappa shape index (κ1) is 35.8. The van der Waals surface area contributed by atoms with Gasteiger partial charge in [-0.15, -0.1) is 0 Å². The van der Waals surface area contributed by atoms with Crippen molar-refractivity contribution in [2.24, 2.45) is 0 Å². The van der Waals surface area contributed by atoms with Crippen LogP contribution in [0.1, 0.15) is 43.0 Å². The molecule has 0 amide bonds. The third-order valence-electron chi connectivity index (χ3n) is 12.3. The smallest absolute Gasteiger partial charge is 0.252 e. The lowest BCUT2D eigenvalue weighted by Crippen LogP contribution is -2.61. The highest BCUT2D eigenvalue weighted by atomic mass is 15.2. The van der Waals surface area contributed by atoms with Crippen LogP contribution in [0.3, 0.4) is 0 Å². The highest BCUT2D eigenvalue weighted by molar-refractivity contribution is 7.00. The third kappa shape index (κ3) is 5.96. The lowest BCUT2D eigenvalue weighted by molar-refractivity contribution is 0.591. The van der Waals surface area contributed by atoms with Crippen LogP contribution in [0.25, 0.3) is 33.4 Å². The van der Waals surface area contributed by atoms with E-state index < -0.39 is 0 Å². The molecule has 0 unspecified atom stereocenters. The molecule has 0 N–H and O–H groups in total. The molecular formula is C55H47BN2. The van der Waals surface area contributed by atoms with Gasteiger partial charge in [0, 0.05) is 34.1 Å². The Hall–Kier alpha value is -6.58. The molecule has 8 aromatic carbocycles. The van der Waals surface area contributed by atoms with Gasteiger partial charge in [-0.2, -0.15) is 0 Å². The van der Waals surface area contributed by atoms with E-state index in [0.29, 0.717) is 0 Å². The number of fused-ring (bicyclic) bond motifs is 4. The van der Waals surface area contributed by atoms with Gasteiger partial charge in [-0.05, 0) is 141 Å². The highest BCUT2D eigenvalue weighted by Gasteiger charge is 2.44. The Morgan fingerprint density at radius 3 is 1.38 bits per heavy atom. The Morgan fingerprint density at radius 1 is 0.397 bits per heavy atom. The summed E-state index contributed by atoms with van der Waals surface area (Å²) >= 11 is 0. The predicted molar refractivity (Wildman–Crippen MR) is 250 cm³/mol. The zero-order chi connectivity index (χ0) is 39.7. The third-order valence-corrected chi connectivity index (χ3v) is 12.3. The fourth-order valence-corrected chi connectivity index (χ4v) is 9.62. The first-order valence-electron chi connectivity index (χ1n) is 20.5. The number of aryl methyl sites for hydroxylation is 3. The van der Waals surface area contributed by atoms with Crippen molar-refractivity contribution in [1.29, 1.82) is 0 Å². The van der Waals surface area contributed by atoms with Crippen molar-refractivity contribution >= 4 is 57.2 Å². The Bertz CT molecular complexity index is 2790. The quantitative estimate of drug-likeness (QED) is 0.162. The Kier molecular flexibility index (Phi) is 8.53. The van der Waals surface area contributed by atoms with Gasteiger partial charge in [-0.25, -0.2) is 0 Å². The standard InChI is InChI=1S/C55H47BN2/c1-36-31-37(2)53(38(3)32-36)43-33-51-54-52(34-43)58(46-28-23-42(24-29-46)40-17-11-8-12-18-40)50-30-25-44(55(4,5)6)35-48(50)56(54)47-19-13-14-20-49(47)57(51)45-26-21-41(22-27-45)39-15-9-7-10-16-39/h7-35H,1-6H3. The topological polar surface area (TPSA) is 6.48 Å². The minimum atomic E-state index is -0.00856. The Balaban J connectivity index is 1.27. The van der Waals surface area contributed by atoms with Crippen molar-refractivity contribution in [2.45, 2.75) is 47.0 Å². The molecule has 8 aromatic rings. The van der Waals surface area contributed by atoms with Crippen LogP contribution in [0, 0.1) is 20.8 Å². The van der Waals surface area contributed by atoms with Gasteiger partial charge >= 0.3 is 0 Å². The van der Waals surface area contributed by atoms with Crippen molar-refractivity contribution in [1.82, 2.24) is 0 Å². The fraction of sp³-hybridized carbons (Fsp3) is 0.127. The van der Waals surface area contributed by atoms with Gasteiger partial charge in [0.15, 0.2) is 0 Å². The number of rotatable bonds is 5. The van der Waals surface area contributed by atoms with E-state index in [1.807, 2.05) is 0 Å². The van der Waals surface area contributed by atoms with E-state index in [1.54, 1.807) is 0 Å². The van der Waals surface area contributed by atoms with E-state index in [1.165, 1.54) is 94.8 Å². The van der Waals surface area contributed by atoms with E-state index in [-0.39, 0.29) is 12.1 Å². The number of para-hydroxylation sites is 1. The maximum atomic E-state index is 2.54. The van der Waals surface area contributed by atoms with Gasteiger partial charge in [0.1, 0.15) is 0 Å². The molecule has 2 heterocycles. The molecule has 280 valence electrons. The maximum absolute atomic E-state index is 2.54. The molecule has 3 heteroatoms. The lowest BCUT2D eigenvalue weighted by Gasteiger charge is -2.45. The summed E-state index contributed by atoms with van der Waals surface area (Å²) < 4.78 is 0. The van der Waals surface area contributed by atoms with E-state index in [0.717, 1.165) is 11.4 Å². The summed E-state index contributed by atoms with van der Waals surface area (Å²) in [6.45, 7) is 13.8. The maximum Gasteiger partial charge on any atom is 0.252 e. The van der Waals surface area contributed by atoms with Crippen molar-refractivity contribution in [2.75, 3.05) is 9.80 Å². The molecule has 2 aliphatic heterocycles. The van der Waals surface area contributed by atoms with Crippen LogP contribution < -0.4 is 26.2 Å². The van der Waals surface area contributed by atoms with Crippen LogP contribution in [0.15, 0.2) is 176 Å². The number of benzene rings is 8. The van der Waals surface area contributed by atoms with Crippen LogP contribution >= 0.6 is 0 Å². The molecule has 2 nitrogen and oxygen atoms in total. The van der Waals surface area contributed by atoms with Crippen LogP contribution in [-0.2, 0) is 5.41 Å². The largest absolute Gasteiger partial charge is 0.311 e. The molecule has 0 spiro atoms.